The van der Waals surface area contributed by atoms with Gasteiger partial charge in [-0.1, -0.05) is 30.3 Å². The van der Waals surface area contributed by atoms with Crippen molar-refractivity contribution >= 4 is 28.7 Å². The Hall–Kier alpha value is -4.74. The van der Waals surface area contributed by atoms with Crippen LogP contribution in [0.1, 0.15) is 39.0 Å². The number of aryl methyl sites for hydroxylation is 2. The third-order valence-electron chi connectivity index (χ3n) is 5.73. The normalized spacial score (nSPS) is 11.1. The number of nitrogens with two attached hydrogens (primary N) is 1. The van der Waals surface area contributed by atoms with Gasteiger partial charge in [-0.15, -0.1) is 0 Å². The first kappa shape index (κ1) is 24.4. The molecule has 0 aliphatic heterocycles. The molecule has 0 aliphatic rings. The van der Waals surface area contributed by atoms with Crippen molar-refractivity contribution < 1.29 is 18.7 Å². The zero-order valence-electron chi connectivity index (χ0n) is 19.8. The van der Waals surface area contributed by atoms with Gasteiger partial charge in [0.05, 0.1) is 6.54 Å². The van der Waals surface area contributed by atoms with Crippen molar-refractivity contribution in [1.29, 1.82) is 0 Å². The molecule has 0 saturated heterocycles. The topological polar surface area (TPSA) is 161 Å². The molecule has 36 heavy (non-hydrogen) atoms. The van der Waals surface area contributed by atoms with E-state index < -0.39 is 40.7 Å². The van der Waals surface area contributed by atoms with E-state index in [2.05, 4.69) is 4.98 Å². The number of esters is 1. The van der Waals surface area contributed by atoms with Crippen LogP contribution in [0.4, 0.5) is 5.82 Å². The number of carbonyl (C=O) groups is 2. The van der Waals surface area contributed by atoms with Crippen molar-refractivity contribution in [2.75, 3.05) is 12.3 Å². The molecule has 0 saturated carbocycles. The molecule has 12 nitrogen and oxygen atoms in total. The van der Waals surface area contributed by atoms with E-state index in [1.165, 1.54) is 24.9 Å². The van der Waals surface area contributed by atoms with Crippen molar-refractivity contribution in [3.63, 3.8) is 0 Å². The Bertz CT molecular complexity index is 1680. The first-order valence-electron chi connectivity index (χ1n) is 11.0. The van der Waals surface area contributed by atoms with Crippen LogP contribution in [0.25, 0.3) is 11.1 Å². The molecule has 0 amide bonds. The number of carbonyl (C=O) groups excluding carboxylic acids is 2. The standard InChI is InChI=1S/C24H23N5O7/c1-4-28-22(32)17(19(25)29(24(28)34)10-14-8-6-5-7-9-14)15(30)11-35-23(33)16-13(2)36-20-18(16)21(31)27(3)12-26-20/h5-9,12H,4,10-11,25H2,1-3H3. The van der Waals surface area contributed by atoms with Gasteiger partial charge in [0.1, 0.15) is 34.4 Å². The maximum Gasteiger partial charge on any atom is 0.343 e. The Morgan fingerprint density at radius 2 is 1.75 bits per heavy atom. The van der Waals surface area contributed by atoms with E-state index >= 15 is 0 Å². The number of hydrogen-bond donors (Lipinski definition) is 1. The van der Waals surface area contributed by atoms with E-state index in [-0.39, 0.29) is 41.3 Å². The highest BCUT2D eigenvalue weighted by Gasteiger charge is 2.27. The third kappa shape index (κ3) is 4.13. The molecule has 0 spiro atoms. The number of Topliss-reactive ketones (excluding diaryl/α,β-unsaturated/α-hetero) is 1. The largest absolute Gasteiger partial charge is 0.454 e. The highest BCUT2D eigenvalue weighted by molar-refractivity contribution is 6.06. The average molecular weight is 493 g/mol. The molecule has 0 radical (unpaired) electrons. The molecule has 0 unspecified atom stereocenters. The number of nitrogens with zero attached hydrogens (tertiary/aromatic N) is 4. The van der Waals surface area contributed by atoms with E-state index in [9.17, 15) is 24.0 Å². The van der Waals surface area contributed by atoms with Crippen LogP contribution in [-0.2, 0) is 24.9 Å². The summed E-state index contributed by atoms with van der Waals surface area (Å²) in [6.07, 6.45) is 1.25. The smallest absolute Gasteiger partial charge is 0.343 e. The van der Waals surface area contributed by atoms with Crippen LogP contribution in [-0.4, -0.2) is 37.0 Å². The average Bonchev–Trinajstić information content (AvgIpc) is 3.20. The molecular formula is C24H23N5O7. The summed E-state index contributed by atoms with van der Waals surface area (Å²) in [5.41, 5.74) is 4.09. The number of fused-ring (bicyclic) bond motifs is 1. The summed E-state index contributed by atoms with van der Waals surface area (Å²) in [7, 11) is 1.46. The molecular weight excluding hydrogens is 470 g/mol. The number of ketones is 1. The zero-order valence-corrected chi connectivity index (χ0v) is 19.8. The van der Waals surface area contributed by atoms with Gasteiger partial charge in [0.2, 0.25) is 11.5 Å². The number of hydrogen-bond acceptors (Lipinski definition) is 9. The first-order chi connectivity index (χ1) is 17.1. The molecule has 3 aromatic heterocycles. The summed E-state index contributed by atoms with van der Waals surface area (Å²) in [5.74, 6) is -2.15. The summed E-state index contributed by atoms with van der Waals surface area (Å²) >= 11 is 0. The maximum atomic E-state index is 13.0. The van der Waals surface area contributed by atoms with Crippen LogP contribution < -0.4 is 22.5 Å². The summed E-state index contributed by atoms with van der Waals surface area (Å²) in [6, 6.07) is 8.91. The lowest BCUT2D eigenvalue weighted by atomic mass is 10.1. The SMILES string of the molecule is CCn1c(=O)c(C(=O)COC(=O)c2c(C)oc3ncn(C)c(=O)c23)c(N)n(Cc2ccccc2)c1=O. The van der Waals surface area contributed by atoms with E-state index in [0.717, 1.165) is 14.7 Å². The van der Waals surface area contributed by atoms with E-state index in [4.69, 9.17) is 14.9 Å². The van der Waals surface area contributed by atoms with Gasteiger partial charge in [0.25, 0.3) is 11.1 Å². The lowest BCUT2D eigenvalue weighted by molar-refractivity contribution is 0.0474. The van der Waals surface area contributed by atoms with Crippen molar-refractivity contribution in [3.8, 4) is 0 Å². The minimum atomic E-state index is -1.00. The Morgan fingerprint density at radius 1 is 1.06 bits per heavy atom. The number of rotatable bonds is 7. The van der Waals surface area contributed by atoms with E-state index in [0.29, 0.717) is 0 Å². The highest BCUT2D eigenvalue weighted by Crippen LogP contribution is 2.22. The summed E-state index contributed by atoms with van der Waals surface area (Å²) in [5, 5.41) is -0.0841. The van der Waals surface area contributed by atoms with Crippen LogP contribution in [0.2, 0.25) is 0 Å². The van der Waals surface area contributed by atoms with E-state index in [1.54, 1.807) is 31.2 Å². The number of nitrogen functional groups attached to an aromatic ring is 1. The Balaban J connectivity index is 1.68. The van der Waals surface area contributed by atoms with Crippen molar-refractivity contribution in [2.24, 2.45) is 7.05 Å². The number of benzene rings is 1. The fourth-order valence-corrected chi connectivity index (χ4v) is 3.88. The second-order valence-corrected chi connectivity index (χ2v) is 8.04. The molecule has 12 heteroatoms. The molecule has 2 N–H and O–H groups in total. The Morgan fingerprint density at radius 3 is 2.42 bits per heavy atom. The van der Waals surface area contributed by atoms with Crippen LogP contribution >= 0.6 is 0 Å². The fraction of sp³-hybridized carbons (Fsp3) is 0.250. The highest BCUT2D eigenvalue weighted by atomic mass is 16.5. The number of ether oxygens (including phenoxy) is 1. The monoisotopic (exact) mass is 493 g/mol. The van der Waals surface area contributed by atoms with Crippen LogP contribution in [0.3, 0.4) is 0 Å². The fourth-order valence-electron chi connectivity index (χ4n) is 3.88. The Kier molecular flexibility index (Phi) is 6.43. The Labute approximate surface area is 203 Å². The third-order valence-corrected chi connectivity index (χ3v) is 5.73. The molecule has 0 fully saturated rings. The second kappa shape index (κ2) is 9.49. The lowest BCUT2D eigenvalue weighted by Gasteiger charge is -2.15. The van der Waals surface area contributed by atoms with Crippen LogP contribution in [0, 0.1) is 6.92 Å². The molecule has 4 aromatic rings. The molecule has 1 aromatic carbocycles. The summed E-state index contributed by atoms with van der Waals surface area (Å²) in [6.45, 7) is 2.22. The predicted octanol–water partition coefficient (Wildman–Crippen LogP) is 0.848. The molecule has 186 valence electrons. The number of furan rings is 1. The van der Waals surface area contributed by atoms with Gasteiger partial charge >= 0.3 is 11.7 Å². The summed E-state index contributed by atoms with van der Waals surface area (Å²) in [4.78, 5) is 68.1. The minimum absolute atomic E-state index is 0.00328. The second-order valence-electron chi connectivity index (χ2n) is 8.04. The van der Waals surface area contributed by atoms with Crippen molar-refractivity contribution in [3.05, 3.63) is 90.3 Å². The van der Waals surface area contributed by atoms with E-state index in [1.807, 2.05) is 6.07 Å². The van der Waals surface area contributed by atoms with Gasteiger partial charge in [-0.3, -0.25) is 23.5 Å². The van der Waals surface area contributed by atoms with Crippen molar-refractivity contribution in [1.82, 2.24) is 18.7 Å². The van der Waals surface area contributed by atoms with Crippen molar-refractivity contribution in [2.45, 2.75) is 26.9 Å². The van der Waals surface area contributed by atoms with Gasteiger partial charge in [-0.05, 0) is 19.4 Å². The molecule has 0 bridgehead atoms. The van der Waals surface area contributed by atoms with Crippen LogP contribution in [0.15, 0.2) is 55.5 Å². The van der Waals surface area contributed by atoms with Crippen LogP contribution in [0.5, 0.6) is 0 Å². The van der Waals surface area contributed by atoms with Gasteiger partial charge < -0.3 is 19.5 Å². The molecule has 0 aliphatic carbocycles. The van der Waals surface area contributed by atoms with Gasteiger partial charge in [0.15, 0.2) is 6.61 Å². The minimum Gasteiger partial charge on any atom is -0.454 e. The molecule has 4 rings (SSSR count). The number of anilines is 1. The predicted molar refractivity (Wildman–Crippen MR) is 129 cm³/mol. The molecule has 3 heterocycles. The lowest BCUT2D eigenvalue weighted by Crippen LogP contribution is -2.44. The van der Waals surface area contributed by atoms with Gasteiger partial charge in [-0.25, -0.2) is 14.6 Å². The maximum absolute atomic E-state index is 13.0. The van der Waals surface area contributed by atoms with Gasteiger partial charge in [-0.2, -0.15) is 0 Å². The molecule has 0 atom stereocenters. The number of aromatic nitrogens is 4. The quantitative estimate of drug-likeness (QED) is 0.290. The van der Waals surface area contributed by atoms with Gasteiger partial charge in [0, 0.05) is 13.6 Å². The summed E-state index contributed by atoms with van der Waals surface area (Å²) < 4.78 is 13.7. The first-order valence-corrected chi connectivity index (χ1v) is 11.0. The zero-order chi connectivity index (χ0) is 26.1.